The van der Waals surface area contributed by atoms with Crippen LogP contribution in [0.3, 0.4) is 0 Å². The van der Waals surface area contributed by atoms with E-state index in [4.69, 9.17) is 5.11 Å². The number of rotatable bonds is 3. The molecule has 0 aromatic heterocycles. The topological polar surface area (TPSA) is 29.5 Å². The minimum Gasteiger partial charge on any atom is -0.406 e. The molecule has 0 aliphatic rings. The maximum Gasteiger partial charge on any atom is 0.573 e. The van der Waals surface area contributed by atoms with Crippen LogP contribution >= 0.6 is 0 Å². The molecule has 84 valence electrons. The molecule has 0 aliphatic carbocycles. The molecule has 0 saturated carbocycles. The van der Waals surface area contributed by atoms with Gasteiger partial charge in [0.25, 0.3) is 0 Å². The quantitative estimate of drug-likeness (QED) is 0.848. The van der Waals surface area contributed by atoms with Gasteiger partial charge < -0.3 is 9.84 Å². The maximum absolute atomic E-state index is 11.8. The van der Waals surface area contributed by atoms with Crippen LogP contribution in [-0.2, 0) is 6.42 Å². The summed E-state index contributed by atoms with van der Waals surface area (Å²) in [4.78, 5) is 0. The number of hydrogen-bond donors (Lipinski definition) is 1. The van der Waals surface area contributed by atoms with Gasteiger partial charge in [-0.05, 0) is 31.0 Å². The van der Waals surface area contributed by atoms with Crippen molar-refractivity contribution in [2.75, 3.05) is 0 Å². The summed E-state index contributed by atoms with van der Waals surface area (Å²) in [7, 11) is 0. The van der Waals surface area contributed by atoms with Crippen molar-refractivity contribution in [2.45, 2.75) is 25.8 Å². The third-order valence-electron chi connectivity index (χ3n) is 1.69. The Morgan fingerprint density at radius 2 is 1.80 bits per heavy atom. The second-order valence-electron chi connectivity index (χ2n) is 3.24. The van der Waals surface area contributed by atoms with Gasteiger partial charge in [-0.3, -0.25) is 0 Å². The Hall–Kier alpha value is -1.23. The van der Waals surface area contributed by atoms with Crippen molar-refractivity contribution in [1.29, 1.82) is 0 Å². The normalized spacial score (nSPS) is 13.7. The Morgan fingerprint density at radius 3 is 2.20 bits per heavy atom. The number of aliphatic hydroxyl groups is 1. The van der Waals surface area contributed by atoms with Crippen LogP contribution in [0.4, 0.5) is 13.2 Å². The molecule has 0 bridgehead atoms. The molecule has 1 aromatic carbocycles. The Labute approximate surface area is 85.3 Å². The average molecular weight is 220 g/mol. The number of hydrogen-bond acceptors (Lipinski definition) is 2. The molecule has 0 fully saturated rings. The van der Waals surface area contributed by atoms with Crippen LogP contribution < -0.4 is 4.74 Å². The van der Waals surface area contributed by atoms with Crippen molar-refractivity contribution in [3.8, 4) is 5.75 Å². The van der Waals surface area contributed by atoms with Crippen molar-refractivity contribution in [2.24, 2.45) is 0 Å². The largest absolute Gasteiger partial charge is 0.573 e. The Morgan fingerprint density at radius 1 is 1.27 bits per heavy atom. The zero-order chi connectivity index (χ0) is 11.5. The molecule has 0 radical (unpaired) electrons. The van der Waals surface area contributed by atoms with E-state index in [1.807, 2.05) is 0 Å². The van der Waals surface area contributed by atoms with Crippen molar-refractivity contribution in [3.05, 3.63) is 29.8 Å². The molecule has 2 nitrogen and oxygen atoms in total. The summed E-state index contributed by atoms with van der Waals surface area (Å²) in [6.07, 6.45) is -4.77. The van der Waals surface area contributed by atoms with Gasteiger partial charge in [-0.15, -0.1) is 13.2 Å². The van der Waals surface area contributed by atoms with E-state index in [0.29, 0.717) is 6.42 Å². The summed E-state index contributed by atoms with van der Waals surface area (Å²) in [6.45, 7) is 1.61. The fourth-order valence-electron chi connectivity index (χ4n) is 1.17. The van der Waals surface area contributed by atoms with Gasteiger partial charge in [-0.1, -0.05) is 12.1 Å². The first-order chi connectivity index (χ1) is 6.87. The highest BCUT2D eigenvalue weighted by Gasteiger charge is 2.30. The summed E-state index contributed by atoms with van der Waals surface area (Å²) in [5, 5.41) is 9.05. The number of aliphatic hydroxyl groups excluding tert-OH is 1. The molecule has 0 heterocycles. The van der Waals surface area contributed by atoms with Crippen LogP contribution in [0.2, 0.25) is 0 Å². The van der Waals surface area contributed by atoms with Crippen LogP contribution in [0.25, 0.3) is 0 Å². The Kier molecular flexibility index (Phi) is 3.57. The van der Waals surface area contributed by atoms with Crippen LogP contribution in [0.5, 0.6) is 5.75 Å². The van der Waals surface area contributed by atoms with Gasteiger partial charge in [-0.25, -0.2) is 0 Å². The first-order valence-electron chi connectivity index (χ1n) is 4.39. The molecule has 0 aliphatic heterocycles. The van der Waals surface area contributed by atoms with Gasteiger partial charge in [0.1, 0.15) is 5.75 Å². The third kappa shape index (κ3) is 4.69. The first kappa shape index (κ1) is 11.8. The molecule has 5 heteroatoms. The summed E-state index contributed by atoms with van der Waals surface area (Å²) in [5.41, 5.74) is 0.763. The predicted molar refractivity (Wildman–Crippen MR) is 48.5 cm³/mol. The lowest BCUT2D eigenvalue weighted by Gasteiger charge is -2.09. The molecule has 0 unspecified atom stereocenters. The standard InChI is InChI=1S/C10H11F3O2/c1-7(14)6-8-2-4-9(5-3-8)15-10(11,12)13/h2-5,7,14H,6H2,1H3/t7-/m1/s1. The second-order valence-corrected chi connectivity index (χ2v) is 3.24. The minimum atomic E-state index is -4.66. The van der Waals surface area contributed by atoms with Crippen molar-refractivity contribution < 1.29 is 23.0 Å². The number of ether oxygens (including phenoxy) is 1. The van der Waals surface area contributed by atoms with E-state index in [1.54, 1.807) is 6.92 Å². The van der Waals surface area contributed by atoms with Crippen LogP contribution in [0, 0.1) is 0 Å². The summed E-state index contributed by atoms with van der Waals surface area (Å²) >= 11 is 0. The molecule has 1 rings (SSSR count). The Bertz CT molecular complexity index is 303. The molecule has 1 N–H and O–H groups in total. The molecule has 0 amide bonds. The van der Waals surface area contributed by atoms with E-state index in [1.165, 1.54) is 24.3 Å². The van der Waals surface area contributed by atoms with Gasteiger partial charge in [-0.2, -0.15) is 0 Å². The summed E-state index contributed by atoms with van der Waals surface area (Å²) < 4.78 is 39.1. The van der Waals surface area contributed by atoms with E-state index < -0.39 is 12.5 Å². The second kappa shape index (κ2) is 4.53. The predicted octanol–water partition coefficient (Wildman–Crippen LogP) is 2.51. The summed E-state index contributed by atoms with van der Waals surface area (Å²) in [5.74, 6) is -0.253. The SMILES string of the molecule is C[C@@H](O)Cc1ccc(OC(F)(F)F)cc1. The van der Waals surface area contributed by atoms with Crippen LogP contribution in [0.15, 0.2) is 24.3 Å². The van der Waals surface area contributed by atoms with E-state index >= 15 is 0 Å². The fraction of sp³-hybridized carbons (Fsp3) is 0.400. The lowest BCUT2D eigenvalue weighted by molar-refractivity contribution is -0.274. The third-order valence-corrected chi connectivity index (χ3v) is 1.69. The molecular formula is C10H11F3O2. The van der Waals surface area contributed by atoms with Gasteiger partial charge in [0.15, 0.2) is 0 Å². The van der Waals surface area contributed by atoms with E-state index in [0.717, 1.165) is 5.56 Å². The monoisotopic (exact) mass is 220 g/mol. The zero-order valence-corrected chi connectivity index (χ0v) is 8.08. The lowest BCUT2D eigenvalue weighted by atomic mass is 10.1. The molecule has 15 heavy (non-hydrogen) atoms. The van der Waals surface area contributed by atoms with Crippen LogP contribution in [-0.4, -0.2) is 17.6 Å². The Balaban J connectivity index is 2.64. The lowest BCUT2D eigenvalue weighted by Crippen LogP contribution is -2.17. The van der Waals surface area contributed by atoms with Crippen molar-refractivity contribution >= 4 is 0 Å². The smallest absolute Gasteiger partial charge is 0.406 e. The highest BCUT2D eigenvalue weighted by atomic mass is 19.4. The first-order valence-corrected chi connectivity index (χ1v) is 4.39. The number of alkyl halides is 3. The van der Waals surface area contributed by atoms with Gasteiger partial charge in [0.05, 0.1) is 6.10 Å². The molecule has 1 atom stereocenters. The highest BCUT2D eigenvalue weighted by Crippen LogP contribution is 2.22. The number of halogens is 3. The zero-order valence-electron chi connectivity index (χ0n) is 8.08. The fourth-order valence-corrected chi connectivity index (χ4v) is 1.17. The van der Waals surface area contributed by atoms with Gasteiger partial charge >= 0.3 is 6.36 Å². The molecule has 0 saturated heterocycles. The average Bonchev–Trinajstić information content (AvgIpc) is 2.05. The highest BCUT2D eigenvalue weighted by molar-refractivity contribution is 5.27. The van der Waals surface area contributed by atoms with Gasteiger partial charge in [0, 0.05) is 0 Å². The van der Waals surface area contributed by atoms with E-state index in [2.05, 4.69) is 4.74 Å². The van der Waals surface area contributed by atoms with Gasteiger partial charge in [0.2, 0.25) is 0 Å². The molecule has 1 aromatic rings. The maximum atomic E-state index is 11.8. The summed E-state index contributed by atoms with van der Waals surface area (Å²) in [6, 6.07) is 5.44. The molecule has 0 spiro atoms. The van der Waals surface area contributed by atoms with Crippen LogP contribution in [0.1, 0.15) is 12.5 Å². The molecular weight excluding hydrogens is 209 g/mol. The minimum absolute atomic E-state index is 0.253. The van der Waals surface area contributed by atoms with Crippen molar-refractivity contribution in [1.82, 2.24) is 0 Å². The van der Waals surface area contributed by atoms with Crippen molar-refractivity contribution in [3.63, 3.8) is 0 Å². The van der Waals surface area contributed by atoms with E-state index in [9.17, 15) is 13.2 Å². The number of benzene rings is 1. The van der Waals surface area contributed by atoms with E-state index in [-0.39, 0.29) is 5.75 Å².